The van der Waals surface area contributed by atoms with Crippen LogP contribution in [0.15, 0.2) is 28.2 Å². The molecule has 0 aromatic carbocycles. The Labute approximate surface area is 102 Å². The molecule has 0 aliphatic heterocycles. The van der Waals surface area contributed by atoms with Crippen LogP contribution in [0.1, 0.15) is 34.2 Å². The summed E-state index contributed by atoms with van der Waals surface area (Å²) in [5.74, 6) is -0.140. The van der Waals surface area contributed by atoms with Crippen LogP contribution in [0.25, 0.3) is 0 Å². The fourth-order valence-corrected chi connectivity index (χ4v) is 2.04. The van der Waals surface area contributed by atoms with E-state index in [1.807, 2.05) is 19.1 Å². The molecule has 0 amide bonds. The third-order valence-electron chi connectivity index (χ3n) is 2.29. The minimum absolute atomic E-state index is 0.0694. The molecule has 0 saturated heterocycles. The highest BCUT2D eigenvalue weighted by Gasteiger charge is 2.11. The third-order valence-corrected chi connectivity index (χ3v) is 3.17. The average molecular weight is 252 g/mol. The molecule has 2 aromatic rings. The van der Waals surface area contributed by atoms with Gasteiger partial charge in [-0.1, -0.05) is 0 Å². The van der Waals surface area contributed by atoms with Crippen molar-refractivity contribution in [1.29, 1.82) is 0 Å². The molecule has 0 unspecified atom stereocenters. The summed E-state index contributed by atoms with van der Waals surface area (Å²) in [7, 11) is 0. The lowest BCUT2D eigenvalue weighted by Crippen LogP contribution is -2.17. The number of carboxylic acids is 1. The molecule has 2 rings (SSSR count). The highest BCUT2D eigenvalue weighted by atomic mass is 32.1. The number of aromatic nitrogens is 1. The Kier molecular flexibility index (Phi) is 3.55. The van der Waals surface area contributed by atoms with Crippen LogP contribution >= 0.6 is 11.3 Å². The molecule has 0 saturated carbocycles. The molecule has 0 fully saturated rings. The van der Waals surface area contributed by atoms with Gasteiger partial charge in [0.15, 0.2) is 0 Å². The van der Waals surface area contributed by atoms with E-state index in [0.29, 0.717) is 6.54 Å². The van der Waals surface area contributed by atoms with E-state index in [1.54, 1.807) is 11.6 Å². The summed E-state index contributed by atoms with van der Waals surface area (Å²) in [5, 5.41) is 13.8. The number of furan rings is 1. The molecule has 90 valence electrons. The second-order valence-electron chi connectivity index (χ2n) is 3.57. The molecule has 2 heterocycles. The van der Waals surface area contributed by atoms with Crippen LogP contribution in [0.2, 0.25) is 0 Å². The van der Waals surface area contributed by atoms with Gasteiger partial charge in [0, 0.05) is 11.9 Å². The zero-order valence-electron chi connectivity index (χ0n) is 9.21. The summed E-state index contributed by atoms with van der Waals surface area (Å²) in [5.41, 5.74) is 0.728. The Morgan fingerprint density at radius 1 is 1.71 bits per heavy atom. The number of hydrogen-bond acceptors (Lipinski definition) is 5. The van der Waals surface area contributed by atoms with Crippen molar-refractivity contribution in [2.24, 2.45) is 0 Å². The molecule has 0 spiro atoms. The second-order valence-corrected chi connectivity index (χ2v) is 4.43. The predicted octanol–water partition coefficient (Wildman–Crippen LogP) is 2.29. The minimum Gasteiger partial charge on any atom is -0.476 e. The van der Waals surface area contributed by atoms with Crippen LogP contribution in [0.3, 0.4) is 0 Å². The summed E-state index contributed by atoms with van der Waals surface area (Å²) in [6.45, 7) is 2.49. The normalized spacial score (nSPS) is 12.5. The van der Waals surface area contributed by atoms with Crippen LogP contribution in [-0.2, 0) is 6.54 Å². The number of carbonyl (C=O) groups is 1. The van der Waals surface area contributed by atoms with Gasteiger partial charge in [0.25, 0.3) is 0 Å². The lowest BCUT2D eigenvalue weighted by Gasteiger charge is -2.09. The topological polar surface area (TPSA) is 75.4 Å². The number of carboxylic acid groups (broad SMARTS) is 1. The van der Waals surface area contributed by atoms with E-state index in [2.05, 4.69) is 10.3 Å². The molecule has 0 radical (unpaired) electrons. The van der Waals surface area contributed by atoms with Crippen molar-refractivity contribution in [2.45, 2.75) is 19.5 Å². The van der Waals surface area contributed by atoms with Gasteiger partial charge in [0.05, 0.1) is 18.0 Å². The van der Waals surface area contributed by atoms with Crippen molar-refractivity contribution in [2.75, 3.05) is 0 Å². The van der Waals surface area contributed by atoms with E-state index in [0.717, 1.165) is 22.8 Å². The summed E-state index contributed by atoms with van der Waals surface area (Å²) in [6, 6.07) is 3.79. The Hall–Kier alpha value is -1.66. The van der Waals surface area contributed by atoms with Gasteiger partial charge in [-0.25, -0.2) is 9.78 Å². The van der Waals surface area contributed by atoms with E-state index in [-0.39, 0.29) is 11.0 Å². The van der Waals surface area contributed by atoms with E-state index in [1.165, 1.54) is 0 Å². The summed E-state index contributed by atoms with van der Waals surface area (Å²) >= 11 is 1.13. The first kappa shape index (κ1) is 11.8. The smallest absolute Gasteiger partial charge is 0.365 e. The van der Waals surface area contributed by atoms with E-state index in [9.17, 15) is 4.79 Å². The summed E-state index contributed by atoms with van der Waals surface area (Å²) < 4.78 is 5.25. The Morgan fingerprint density at radius 2 is 2.53 bits per heavy atom. The van der Waals surface area contributed by atoms with Gasteiger partial charge >= 0.3 is 5.97 Å². The first-order valence-electron chi connectivity index (χ1n) is 5.11. The lowest BCUT2D eigenvalue weighted by atomic mass is 10.2. The summed E-state index contributed by atoms with van der Waals surface area (Å²) in [4.78, 5) is 14.6. The van der Waals surface area contributed by atoms with Crippen LogP contribution in [0.5, 0.6) is 0 Å². The average Bonchev–Trinajstić information content (AvgIpc) is 2.97. The Balaban J connectivity index is 1.91. The van der Waals surface area contributed by atoms with Crippen LogP contribution in [-0.4, -0.2) is 16.1 Å². The molecule has 0 bridgehead atoms. The number of hydrogen-bond donors (Lipinski definition) is 2. The quantitative estimate of drug-likeness (QED) is 0.853. The van der Waals surface area contributed by atoms with Gasteiger partial charge in [0.2, 0.25) is 5.01 Å². The maximum absolute atomic E-state index is 10.7. The molecule has 1 atom stereocenters. The van der Waals surface area contributed by atoms with Gasteiger partial charge < -0.3 is 14.8 Å². The molecular weight excluding hydrogens is 240 g/mol. The molecule has 2 aromatic heterocycles. The third kappa shape index (κ3) is 2.92. The molecule has 17 heavy (non-hydrogen) atoms. The number of thiazole rings is 1. The van der Waals surface area contributed by atoms with Crippen LogP contribution in [0.4, 0.5) is 0 Å². The highest BCUT2D eigenvalue weighted by molar-refractivity contribution is 7.11. The molecular formula is C11H12N2O3S. The van der Waals surface area contributed by atoms with Gasteiger partial charge in [0.1, 0.15) is 5.76 Å². The molecule has 6 heteroatoms. The first-order chi connectivity index (χ1) is 8.16. The van der Waals surface area contributed by atoms with Crippen LogP contribution < -0.4 is 5.32 Å². The maximum atomic E-state index is 10.7. The van der Waals surface area contributed by atoms with Crippen molar-refractivity contribution in [3.63, 3.8) is 0 Å². The van der Waals surface area contributed by atoms with Crippen molar-refractivity contribution in [3.05, 3.63) is 40.2 Å². The zero-order chi connectivity index (χ0) is 12.3. The minimum atomic E-state index is -0.986. The number of nitrogens with one attached hydrogen (secondary N) is 1. The number of aromatic carboxylic acids is 1. The van der Waals surface area contributed by atoms with Gasteiger partial charge in [-0.15, -0.1) is 11.3 Å². The zero-order valence-corrected chi connectivity index (χ0v) is 10.0. The van der Waals surface area contributed by atoms with Crippen molar-refractivity contribution in [1.82, 2.24) is 10.3 Å². The van der Waals surface area contributed by atoms with Crippen molar-refractivity contribution in [3.8, 4) is 0 Å². The van der Waals surface area contributed by atoms with Gasteiger partial charge in [-0.2, -0.15) is 0 Å². The fourth-order valence-electron chi connectivity index (χ4n) is 1.38. The van der Waals surface area contributed by atoms with Gasteiger partial charge in [-0.3, -0.25) is 0 Å². The molecule has 0 aliphatic rings. The Morgan fingerprint density at radius 3 is 3.12 bits per heavy atom. The second kappa shape index (κ2) is 5.11. The van der Waals surface area contributed by atoms with E-state index < -0.39 is 5.97 Å². The number of rotatable bonds is 5. The number of nitrogens with zero attached hydrogens (tertiary/aromatic N) is 1. The van der Waals surface area contributed by atoms with Crippen molar-refractivity contribution < 1.29 is 14.3 Å². The maximum Gasteiger partial charge on any atom is 0.365 e. The Bertz CT molecular complexity index is 493. The lowest BCUT2D eigenvalue weighted by molar-refractivity contribution is 0.0696. The first-order valence-corrected chi connectivity index (χ1v) is 5.99. The monoisotopic (exact) mass is 252 g/mol. The standard InChI is InChI=1S/C11H12N2O3S/c1-7(9-3-2-4-16-9)12-5-8-6-17-10(13-8)11(14)15/h2-4,6-7,12H,5H2,1H3,(H,14,15)/t7-/m0/s1. The SMILES string of the molecule is C[C@H](NCc1csc(C(=O)O)n1)c1ccco1. The predicted molar refractivity (Wildman–Crippen MR) is 63.0 cm³/mol. The van der Waals surface area contributed by atoms with E-state index in [4.69, 9.17) is 9.52 Å². The fraction of sp³-hybridized carbons (Fsp3) is 0.273. The molecule has 5 nitrogen and oxygen atoms in total. The summed E-state index contributed by atoms with van der Waals surface area (Å²) in [6.07, 6.45) is 1.62. The van der Waals surface area contributed by atoms with Crippen LogP contribution in [0, 0.1) is 0 Å². The van der Waals surface area contributed by atoms with Gasteiger partial charge in [-0.05, 0) is 19.1 Å². The molecule has 0 aliphatic carbocycles. The van der Waals surface area contributed by atoms with E-state index >= 15 is 0 Å². The largest absolute Gasteiger partial charge is 0.476 e. The van der Waals surface area contributed by atoms with Crippen molar-refractivity contribution >= 4 is 17.3 Å². The highest BCUT2D eigenvalue weighted by Crippen LogP contribution is 2.14. The molecule has 2 N–H and O–H groups in total.